The first kappa shape index (κ1) is 20.2. The van der Waals surface area contributed by atoms with Crippen molar-refractivity contribution in [1.82, 2.24) is 4.90 Å². The van der Waals surface area contributed by atoms with Gasteiger partial charge in [0.15, 0.2) is 0 Å². The zero-order valence-corrected chi connectivity index (χ0v) is 17.1. The minimum absolute atomic E-state index is 0.0352. The minimum Gasteiger partial charge on any atom is -0.496 e. The monoisotopic (exact) mass is 402 g/mol. The number of carbonyl (C=O) groups excluding carboxylic acids is 1. The highest BCUT2D eigenvalue weighted by Crippen LogP contribution is 2.26. The van der Waals surface area contributed by atoms with E-state index >= 15 is 0 Å². The number of methoxy groups -OCH3 is 1. The summed E-state index contributed by atoms with van der Waals surface area (Å²) in [6, 6.07) is 11.5. The number of ether oxygens (including phenoxy) is 1. The Balaban J connectivity index is 1.92. The molecular weight excluding hydrogens is 376 g/mol. The Morgan fingerprint density at radius 3 is 2.39 bits per heavy atom. The van der Waals surface area contributed by atoms with Crippen LogP contribution in [0, 0.1) is 6.92 Å². The van der Waals surface area contributed by atoms with Crippen LogP contribution < -0.4 is 9.46 Å². The fraction of sp³-hybridized carbons (Fsp3) is 0.381. The highest BCUT2D eigenvalue weighted by Gasteiger charge is 2.24. The minimum atomic E-state index is -3.83. The Morgan fingerprint density at radius 1 is 1.04 bits per heavy atom. The summed E-state index contributed by atoms with van der Waals surface area (Å²) in [5.74, 6) is 0.190. The van der Waals surface area contributed by atoms with E-state index in [2.05, 4.69) is 4.72 Å². The molecule has 0 radical (unpaired) electrons. The number of hydrogen-bond acceptors (Lipinski definition) is 4. The number of likely N-dealkylation sites (tertiary alicyclic amines) is 1. The second-order valence-electron chi connectivity index (χ2n) is 7.04. The van der Waals surface area contributed by atoms with Crippen molar-refractivity contribution < 1.29 is 17.9 Å². The number of aryl methyl sites for hydroxylation is 1. The number of carbonyl (C=O) groups is 1. The number of hydrogen-bond donors (Lipinski definition) is 1. The summed E-state index contributed by atoms with van der Waals surface area (Å²) in [5.41, 5.74) is 1.71. The predicted octanol–water partition coefficient (Wildman–Crippen LogP) is 3.82. The summed E-state index contributed by atoms with van der Waals surface area (Å²) >= 11 is 0. The number of rotatable bonds is 5. The normalized spacial score (nSPS) is 15.0. The Hall–Kier alpha value is -2.54. The number of amides is 1. The molecule has 0 atom stereocenters. The fourth-order valence-electron chi connectivity index (χ4n) is 3.39. The first-order valence-electron chi connectivity index (χ1n) is 9.47. The summed E-state index contributed by atoms with van der Waals surface area (Å²) in [5, 5.41) is 0. The first-order chi connectivity index (χ1) is 13.4. The molecule has 7 heteroatoms. The van der Waals surface area contributed by atoms with E-state index in [-0.39, 0.29) is 16.4 Å². The van der Waals surface area contributed by atoms with Gasteiger partial charge in [0.05, 0.1) is 17.6 Å². The van der Waals surface area contributed by atoms with E-state index < -0.39 is 10.0 Å². The van der Waals surface area contributed by atoms with Crippen molar-refractivity contribution in [1.29, 1.82) is 0 Å². The molecule has 0 saturated carbocycles. The molecule has 1 fully saturated rings. The zero-order chi connectivity index (χ0) is 20.1. The van der Waals surface area contributed by atoms with Gasteiger partial charge in [0.25, 0.3) is 15.9 Å². The molecule has 2 aromatic rings. The lowest BCUT2D eigenvalue weighted by Crippen LogP contribution is -2.32. The van der Waals surface area contributed by atoms with E-state index in [9.17, 15) is 13.2 Å². The van der Waals surface area contributed by atoms with Gasteiger partial charge < -0.3 is 9.64 Å². The molecule has 1 heterocycles. The molecule has 0 aliphatic carbocycles. The molecule has 3 rings (SSSR count). The lowest BCUT2D eigenvalue weighted by Gasteiger charge is -2.22. The Bertz CT molecular complexity index is 949. The molecule has 0 bridgehead atoms. The highest BCUT2D eigenvalue weighted by atomic mass is 32.2. The maximum atomic E-state index is 13.0. The number of benzene rings is 2. The van der Waals surface area contributed by atoms with E-state index in [1.165, 1.54) is 25.3 Å². The van der Waals surface area contributed by atoms with E-state index in [0.29, 0.717) is 24.5 Å². The molecule has 1 amide bonds. The van der Waals surface area contributed by atoms with Gasteiger partial charge in [-0.15, -0.1) is 0 Å². The lowest BCUT2D eigenvalue weighted by molar-refractivity contribution is 0.0758. The molecule has 1 N–H and O–H groups in total. The van der Waals surface area contributed by atoms with Crippen LogP contribution in [0.3, 0.4) is 0 Å². The third-order valence-corrected chi connectivity index (χ3v) is 6.25. The van der Waals surface area contributed by atoms with Crippen molar-refractivity contribution in [2.45, 2.75) is 37.5 Å². The standard InChI is InChI=1S/C21H26N2O4S/c1-16-8-7-9-17(14-16)22-28(25,26)18-10-11-20(27-2)19(15-18)21(24)23-12-5-3-4-6-13-23/h7-11,14-15,22H,3-6,12-13H2,1-2H3. The van der Waals surface area contributed by atoms with Gasteiger partial charge in [0.1, 0.15) is 5.75 Å². The smallest absolute Gasteiger partial charge is 0.261 e. The van der Waals surface area contributed by atoms with Crippen LogP contribution in [0.25, 0.3) is 0 Å². The lowest BCUT2D eigenvalue weighted by atomic mass is 10.1. The zero-order valence-electron chi connectivity index (χ0n) is 16.3. The van der Waals surface area contributed by atoms with E-state index in [1.807, 2.05) is 13.0 Å². The van der Waals surface area contributed by atoms with Crippen molar-refractivity contribution in [2.24, 2.45) is 0 Å². The Morgan fingerprint density at radius 2 is 1.75 bits per heavy atom. The second-order valence-corrected chi connectivity index (χ2v) is 8.73. The van der Waals surface area contributed by atoms with Crippen molar-refractivity contribution in [3.8, 4) is 5.75 Å². The van der Waals surface area contributed by atoms with E-state index in [1.54, 1.807) is 23.1 Å². The van der Waals surface area contributed by atoms with Gasteiger partial charge in [0, 0.05) is 18.8 Å². The Kier molecular flexibility index (Phi) is 6.24. The summed E-state index contributed by atoms with van der Waals surface area (Å²) in [4.78, 5) is 14.9. The first-order valence-corrected chi connectivity index (χ1v) is 11.0. The summed E-state index contributed by atoms with van der Waals surface area (Å²) in [6.07, 6.45) is 4.13. The maximum absolute atomic E-state index is 13.0. The summed E-state index contributed by atoms with van der Waals surface area (Å²) in [7, 11) is -2.35. The molecule has 150 valence electrons. The van der Waals surface area contributed by atoms with Gasteiger partial charge in [-0.25, -0.2) is 8.42 Å². The molecule has 6 nitrogen and oxygen atoms in total. The largest absolute Gasteiger partial charge is 0.496 e. The second kappa shape index (κ2) is 8.65. The fourth-order valence-corrected chi connectivity index (χ4v) is 4.46. The number of nitrogens with one attached hydrogen (secondary N) is 1. The quantitative estimate of drug-likeness (QED) is 0.825. The van der Waals surface area contributed by atoms with Crippen LogP contribution in [0.4, 0.5) is 5.69 Å². The third kappa shape index (κ3) is 4.65. The van der Waals surface area contributed by atoms with Crippen LogP contribution in [0.5, 0.6) is 5.75 Å². The van der Waals surface area contributed by atoms with Crippen molar-refractivity contribution >= 4 is 21.6 Å². The molecule has 0 spiro atoms. The van der Waals surface area contributed by atoms with Crippen LogP contribution >= 0.6 is 0 Å². The predicted molar refractivity (Wildman–Crippen MR) is 109 cm³/mol. The molecule has 28 heavy (non-hydrogen) atoms. The highest BCUT2D eigenvalue weighted by molar-refractivity contribution is 7.92. The van der Waals surface area contributed by atoms with Crippen LogP contribution in [-0.4, -0.2) is 39.4 Å². The topological polar surface area (TPSA) is 75.7 Å². The third-order valence-electron chi connectivity index (χ3n) is 4.88. The van der Waals surface area contributed by atoms with Gasteiger partial charge in [-0.3, -0.25) is 9.52 Å². The molecule has 0 unspecified atom stereocenters. The molecule has 2 aromatic carbocycles. The molecule has 0 aromatic heterocycles. The van der Waals surface area contributed by atoms with Gasteiger partial charge >= 0.3 is 0 Å². The van der Waals surface area contributed by atoms with Gasteiger partial charge in [-0.1, -0.05) is 25.0 Å². The average Bonchev–Trinajstić information content (AvgIpc) is 2.96. The van der Waals surface area contributed by atoms with E-state index in [4.69, 9.17) is 4.74 Å². The average molecular weight is 403 g/mol. The van der Waals surface area contributed by atoms with Crippen LogP contribution in [0.2, 0.25) is 0 Å². The van der Waals surface area contributed by atoms with E-state index in [0.717, 1.165) is 31.2 Å². The SMILES string of the molecule is COc1ccc(S(=O)(=O)Nc2cccc(C)c2)cc1C(=O)N1CCCCCC1. The van der Waals surface area contributed by atoms with Crippen molar-refractivity contribution in [2.75, 3.05) is 24.9 Å². The van der Waals surface area contributed by atoms with Gasteiger partial charge in [0.2, 0.25) is 0 Å². The summed E-state index contributed by atoms with van der Waals surface area (Å²) < 4.78 is 33.6. The number of sulfonamides is 1. The molecule has 1 saturated heterocycles. The van der Waals surface area contributed by atoms with Crippen molar-refractivity contribution in [3.05, 3.63) is 53.6 Å². The molecular formula is C21H26N2O4S. The number of nitrogens with zero attached hydrogens (tertiary/aromatic N) is 1. The van der Waals surface area contributed by atoms with Gasteiger partial charge in [-0.2, -0.15) is 0 Å². The van der Waals surface area contributed by atoms with Crippen LogP contribution in [0.1, 0.15) is 41.6 Å². The van der Waals surface area contributed by atoms with Crippen LogP contribution in [-0.2, 0) is 10.0 Å². The summed E-state index contributed by atoms with van der Waals surface area (Å²) in [6.45, 7) is 3.25. The molecule has 1 aliphatic heterocycles. The Labute approximate surface area is 166 Å². The number of anilines is 1. The van der Waals surface area contributed by atoms with Gasteiger partial charge in [-0.05, 0) is 55.7 Å². The molecule has 1 aliphatic rings. The van der Waals surface area contributed by atoms with Crippen LogP contribution in [0.15, 0.2) is 47.4 Å². The van der Waals surface area contributed by atoms with Crippen molar-refractivity contribution in [3.63, 3.8) is 0 Å². The maximum Gasteiger partial charge on any atom is 0.261 e.